The molecule has 85 valence electrons. The van der Waals surface area contributed by atoms with Crippen molar-refractivity contribution in [3.63, 3.8) is 0 Å². The van der Waals surface area contributed by atoms with Crippen molar-refractivity contribution in [1.82, 2.24) is 0 Å². The van der Waals surface area contributed by atoms with Crippen LogP contribution in [0.5, 0.6) is 0 Å². The van der Waals surface area contributed by atoms with E-state index in [4.69, 9.17) is 0 Å². The molecular formula is C12H26ClSn. The Bertz CT molecular complexity index is 76.4. The van der Waals surface area contributed by atoms with Crippen LogP contribution >= 0.6 is 12.4 Å². The van der Waals surface area contributed by atoms with E-state index in [0.29, 0.717) is 0 Å². The predicted molar refractivity (Wildman–Crippen MR) is 69.7 cm³/mol. The van der Waals surface area contributed by atoms with Crippen LogP contribution in [0.2, 0.25) is 4.44 Å². The smallest absolute Gasteiger partial charge is 0.147 e. The molecule has 0 aromatic heterocycles. The van der Waals surface area contributed by atoms with E-state index in [9.17, 15) is 0 Å². The van der Waals surface area contributed by atoms with Gasteiger partial charge in [-0.15, -0.1) is 12.4 Å². The van der Waals surface area contributed by atoms with Gasteiger partial charge in [0.25, 0.3) is 0 Å². The van der Waals surface area contributed by atoms with Gasteiger partial charge in [-0.25, -0.2) is 0 Å². The Hall–Kier alpha value is 1.09. The van der Waals surface area contributed by atoms with Crippen LogP contribution < -0.4 is 0 Å². The summed E-state index contributed by atoms with van der Waals surface area (Å²) in [6.45, 7) is 2.28. The van der Waals surface area contributed by atoms with Gasteiger partial charge in [-0.05, 0) is 0 Å². The minimum Gasteiger partial charge on any atom is -0.147 e. The molecule has 0 N–H and O–H groups in total. The van der Waals surface area contributed by atoms with Crippen LogP contribution in [0.3, 0.4) is 0 Å². The molecule has 0 unspecified atom stereocenters. The average Bonchev–Trinajstić information content (AvgIpc) is 2.16. The number of rotatable bonds is 10. The standard InChI is InChI=1S/C12H25.ClH.Sn/c1-3-5-7-9-11-12-10-8-6-4-2;;/h1,3-12H2,2H3;1H;. The normalized spacial score (nSPS) is 9.86. The van der Waals surface area contributed by atoms with Crippen molar-refractivity contribution in [3.05, 3.63) is 0 Å². The first kappa shape index (κ1) is 17.5. The molecule has 0 aromatic rings. The summed E-state index contributed by atoms with van der Waals surface area (Å²) in [7, 11) is 0. The van der Waals surface area contributed by atoms with Crippen LogP contribution in [0, 0.1) is 0 Å². The molecule has 0 amide bonds. The van der Waals surface area contributed by atoms with Crippen LogP contribution in [0.25, 0.3) is 0 Å². The van der Waals surface area contributed by atoms with E-state index in [2.05, 4.69) is 6.92 Å². The average molecular weight is 325 g/mol. The maximum atomic E-state index is 2.28. The van der Waals surface area contributed by atoms with E-state index in [1.54, 1.807) is 22.5 Å². The van der Waals surface area contributed by atoms with E-state index >= 15 is 0 Å². The molecule has 0 nitrogen and oxygen atoms in total. The second kappa shape index (κ2) is 16.5. The fourth-order valence-corrected chi connectivity index (χ4v) is 2.33. The van der Waals surface area contributed by atoms with Crippen molar-refractivity contribution in [2.45, 2.75) is 75.6 Å². The maximum absolute atomic E-state index is 2.28. The topological polar surface area (TPSA) is 0 Å². The van der Waals surface area contributed by atoms with Crippen molar-refractivity contribution in [2.75, 3.05) is 0 Å². The van der Waals surface area contributed by atoms with E-state index in [1.807, 2.05) is 0 Å². The van der Waals surface area contributed by atoms with E-state index < -0.39 is 0 Å². The largest absolute Gasteiger partial charge is 0.147 e. The molecule has 0 fully saturated rings. The summed E-state index contributed by atoms with van der Waals surface area (Å²) in [6, 6.07) is 0. The Balaban J connectivity index is 0. The molecule has 0 aliphatic rings. The van der Waals surface area contributed by atoms with Gasteiger partial charge in [0.05, 0.1) is 0 Å². The van der Waals surface area contributed by atoms with E-state index in [0.717, 1.165) is 0 Å². The van der Waals surface area contributed by atoms with Gasteiger partial charge in [0.1, 0.15) is 0 Å². The van der Waals surface area contributed by atoms with Crippen LogP contribution in [0.15, 0.2) is 0 Å². The summed E-state index contributed by atoms with van der Waals surface area (Å²) in [4.78, 5) is 0. The van der Waals surface area contributed by atoms with Gasteiger partial charge in [-0.2, -0.15) is 0 Å². The van der Waals surface area contributed by atoms with Crippen LogP contribution in [-0.2, 0) is 0 Å². The third-order valence-corrected chi connectivity index (χ3v) is 3.54. The zero-order chi connectivity index (χ0) is 9.78. The summed E-state index contributed by atoms with van der Waals surface area (Å²) in [6.07, 6.45) is 14.7. The molecule has 2 heteroatoms. The van der Waals surface area contributed by atoms with Crippen molar-refractivity contribution in [1.29, 1.82) is 0 Å². The summed E-state index contributed by atoms with van der Waals surface area (Å²) < 4.78 is 1.46. The summed E-state index contributed by atoms with van der Waals surface area (Å²) in [5.74, 6) is 0. The third kappa shape index (κ3) is 15.6. The zero-order valence-electron chi connectivity index (χ0n) is 9.69. The number of unbranched alkanes of at least 4 members (excludes halogenated alkanes) is 9. The minimum absolute atomic E-state index is 0. The monoisotopic (exact) mass is 325 g/mol. The molecule has 0 heterocycles. The molecule has 14 heavy (non-hydrogen) atoms. The molecule has 0 aliphatic carbocycles. The number of halogens is 1. The molecule has 0 bridgehead atoms. The van der Waals surface area contributed by atoms with Gasteiger partial charge in [-0.1, -0.05) is 0 Å². The van der Waals surface area contributed by atoms with Crippen LogP contribution in [-0.4, -0.2) is 22.5 Å². The summed E-state index contributed by atoms with van der Waals surface area (Å²) >= 11 is 1.72. The fourth-order valence-electron chi connectivity index (χ4n) is 1.61. The Morgan fingerprint density at radius 2 is 1.00 bits per heavy atom. The fraction of sp³-hybridized carbons (Fsp3) is 1.00. The number of hydrogen-bond donors (Lipinski definition) is 0. The molecular weight excluding hydrogens is 298 g/mol. The van der Waals surface area contributed by atoms with Gasteiger partial charge >= 0.3 is 98.1 Å². The van der Waals surface area contributed by atoms with Crippen molar-refractivity contribution < 1.29 is 0 Å². The van der Waals surface area contributed by atoms with Crippen molar-refractivity contribution in [3.8, 4) is 0 Å². The second-order valence-electron chi connectivity index (χ2n) is 3.93. The van der Waals surface area contributed by atoms with Crippen molar-refractivity contribution >= 4 is 34.9 Å². The first-order chi connectivity index (χ1) is 6.41. The van der Waals surface area contributed by atoms with Gasteiger partial charge < -0.3 is 0 Å². The molecule has 0 saturated heterocycles. The Kier molecular flexibility index (Phi) is 20.6. The first-order valence-electron chi connectivity index (χ1n) is 6.06. The van der Waals surface area contributed by atoms with Crippen LogP contribution in [0.1, 0.15) is 71.1 Å². The van der Waals surface area contributed by atoms with Crippen molar-refractivity contribution in [2.24, 2.45) is 0 Å². The van der Waals surface area contributed by atoms with Gasteiger partial charge in [-0.3, -0.25) is 0 Å². The van der Waals surface area contributed by atoms with Gasteiger partial charge in [0, 0.05) is 0 Å². The minimum atomic E-state index is 0. The molecule has 0 spiro atoms. The third-order valence-electron chi connectivity index (χ3n) is 2.53. The molecule has 0 aliphatic heterocycles. The van der Waals surface area contributed by atoms with Gasteiger partial charge in [0.2, 0.25) is 0 Å². The van der Waals surface area contributed by atoms with Crippen LogP contribution in [0.4, 0.5) is 0 Å². The molecule has 0 atom stereocenters. The Morgan fingerprint density at radius 3 is 1.36 bits per heavy atom. The Morgan fingerprint density at radius 1 is 0.643 bits per heavy atom. The Labute approximate surface area is 110 Å². The van der Waals surface area contributed by atoms with Gasteiger partial charge in [0.15, 0.2) is 0 Å². The zero-order valence-corrected chi connectivity index (χ0v) is 13.4. The first-order valence-corrected chi connectivity index (χ1v) is 8.08. The molecule has 0 saturated carbocycles. The summed E-state index contributed by atoms with van der Waals surface area (Å²) in [5, 5.41) is 0. The molecule has 0 aromatic carbocycles. The maximum Gasteiger partial charge on any atom is -0.147 e. The predicted octanol–water partition coefficient (Wildman–Crippen LogP) is 4.92. The quantitative estimate of drug-likeness (QED) is 0.395. The van der Waals surface area contributed by atoms with E-state index in [1.165, 1.54) is 68.6 Å². The summed E-state index contributed by atoms with van der Waals surface area (Å²) in [5.41, 5.74) is 0. The molecule has 3 radical (unpaired) electrons. The SMILES string of the molecule is CCCCCCCCCCC[CH2][Sn].Cl. The number of hydrogen-bond acceptors (Lipinski definition) is 0. The second-order valence-corrected chi connectivity index (χ2v) is 5.36. The van der Waals surface area contributed by atoms with E-state index in [-0.39, 0.29) is 12.4 Å². The molecule has 0 rings (SSSR count).